The van der Waals surface area contributed by atoms with E-state index in [2.05, 4.69) is 10.3 Å². The number of anilines is 1. The quantitative estimate of drug-likeness (QED) is 0.633. The predicted molar refractivity (Wildman–Crippen MR) is 121 cm³/mol. The number of carbonyl (C=O) groups is 1. The second kappa shape index (κ2) is 8.60. The number of ether oxygens (including phenoxy) is 1. The van der Waals surface area contributed by atoms with E-state index in [-0.39, 0.29) is 24.0 Å². The zero-order valence-electron chi connectivity index (χ0n) is 17.7. The van der Waals surface area contributed by atoms with Gasteiger partial charge in [0.1, 0.15) is 10.6 Å². The zero-order chi connectivity index (χ0) is 21.3. The average Bonchev–Trinajstić information content (AvgIpc) is 3.08. The van der Waals surface area contributed by atoms with Crippen LogP contribution >= 0.6 is 11.3 Å². The molecule has 1 aliphatic rings. The van der Waals surface area contributed by atoms with Crippen LogP contribution in [0.5, 0.6) is 5.75 Å². The summed E-state index contributed by atoms with van der Waals surface area (Å²) in [6.07, 6.45) is 6.17. The van der Waals surface area contributed by atoms with E-state index in [0.29, 0.717) is 6.54 Å². The van der Waals surface area contributed by atoms with Crippen molar-refractivity contribution < 1.29 is 9.53 Å². The lowest BCUT2D eigenvalue weighted by Gasteiger charge is -2.13. The van der Waals surface area contributed by atoms with Gasteiger partial charge in [-0.25, -0.2) is 4.98 Å². The van der Waals surface area contributed by atoms with E-state index in [1.807, 2.05) is 39.0 Å². The molecule has 158 valence electrons. The second-order valence-electron chi connectivity index (χ2n) is 8.08. The lowest BCUT2D eigenvalue weighted by Crippen LogP contribution is -2.24. The van der Waals surface area contributed by atoms with Crippen LogP contribution in [-0.2, 0) is 24.2 Å². The van der Waals surface area contributed by atoms with Gasteiger partial charge in [0, 0.05) is 23.5 Å². The van der Waals surface area contributed by atoms with Crippen molar-refractivity contribution in [3.05, 3.63) is 50.9 Å². The molecule has 1 aromatic carbocycles. The second-order valence-corrected chi connectivity index (χ2v) is 9.16. The molecular weight excluding hydrogens is 398 g/mol. The van der Waals surface area contributed by atoms with Crippen LogP contribution in [0.1, 0.15) is 49.1 Å². The number of nitrogens with one attached hydrogen (secondary N) is 1. The third-order valence-electron chi connectivity index (χ3n) is 5.37. The van der Waals surface area contributed by atoms with Crippen molar-refractivity contribution in [1.29, 1.82) is 0 Å². The Hall–Kier alpha value is -2.67. The van der Waals surface area contributed by atoms with Gasteiger partial charge in [0.2, 0.25) is 5.91 Å². The first-order chi connectivity index (χ1) is 14.4. The Morgan fingerprint density at radius 1 is 1.30 bits per heavy atom. The van der Waals surface area contributed by atoms with Gasteiger partial charge in [-0.3, -0.25) is 14.2 Å². The van der Waals surface area contributed by atoms with E-state index < -0.39 is 0 Å². The van der Waals surface area contributed by atoms with Crippen LogP contribution < -0.4 is 15.6 Å². The molecule has 2 aromatic heterocycles. The minimum absolute atomic E-state index is 0.0291. The molecule has 0 aliphatic heterocycles. The molecule has 3 aromatic rings. The van der Waals surface area contributed by atoms with Crippen molar-refractivity contribution in [1.82, 2.24) is 9.55 Å². The van der Waals surface area contributed by atoms with E-state index in [1.54, 1.807) is 22.2 Å². The Morgan fingerprint density at radius 2 is 2.10 bits per heavy atom. The number of thiophene rings is 1. The van der Waals surface area contributed by atoms with Gasteiger partial charge in [0.05, 0.1) is 17.8 Å². The molecule has 0 fully saturated rings. The minimum Gasteiger partial charge on any atom is -0.491 e. The lowest BCUT2D eigenvalue weighted by atomic mass is 9.97. The van der Waals surface area contributed by atoms with Gasteiger partial charge in [-0.15, -0.1) is 11.3 Å². The SMILES string of the molecule is Cc1cc(OC(C)C)ccc1NC(=O)CCn1cnc2sc3c(c2c1=O)CCCC3. The van der Waals surface area contributed by atoms with E-state index in [1.165, 1.54) is 16.9 Å². The van der Waals surface area contributed by atoms with Crippen molar-refractivity contribution in [3.8, 4) is 5.75 Å². The van der Waals surface area contributed by atoms with Crippen molar-refractivity contribution in [2.24, 2.45) is 0 Å². The Balaban J connectivity index is 1.45. The molecule has 30 heavy (non-hydrogen) atoms. The molecule has 0 atom stereocenters. The molecule has 0 bridgehead atoms. The Morgan fingerprint density at radius 3 is 2.87 bits per heavy atom. The molecule has 1 amide bonds. The summed E-state index contributed by atoms with van der Waals surface area (Å²) in [4.78, 5) is 32.1. The summed E-state index contributed by atoms with van der Waals surface area (Å²) in [5.41, 5.74) is 2.84. The minimum atomic E-state index is -0.130. The summed E-state index contributed by atoms with van der Waals surface area (Å²) in [6.45, 7) is 6.20. The van der Waals surface area contributed by atoms with Gasteiger partial charge in [-0.2, -0.15) is 0 Å². The maximum absolute atomic E-state index is 13.0. The fraction of sp³-hybridized carbons (Fsp3) is 0.435. The fourth-order valence-electron chi connectivity index (χ4n) is 3.90. The monoisotopic (exact) mass is 425 g/mol. The number of hydrogen-bond donors (Lipinski definition) is 1. The first kappa shape index (κ1) is 20.6. The number of hydrogen-bond acceptors (Lipinski definition) is 5. The van der Waals surface area contributed by atoms with Gasteiger partial charge < -0.3 is 10.1 Å². The topological polar surface area (TPSA) is 73.2 Å². The number of nitrogens with zero attached hydrogens (tertiary/aromatic N) is 2. The molecule has 2 heterocycles. The summed E-state index contributed by atoms with van der Waals surface area (Å²) < 4.78 is 7.25. The van der Waals surface area contributed by atoms with Gasteiger partial charge in [-0.1, -0.05) is 0 Å². The van der Waals surface area contributed by atoms with Crippen LogP contribution in [0, 0.1) is 6.92 Å². The third kappa shape index (κ3) is 4.26. The fourth-order valence-corrected chi connectivity index (χ4v) is 5.12. The third-order valence-corrected chi connectivity index (χ3v) is 6.57. The summed E-state index contributed by atoms with van der Waals surface area (Å²) in [5.74, 6) is 0.653. The number of aromatic nitrogens is 2. The molecule has 0 saturated heterocycles. The van der Waals surface area contributed by atoms with E-state index >= 15 is 0 Å². The maximum atomic E-state index is 13.0. The van der Waals surface area contributed by atoms with E-state index in [4.69, 9.17) is 4.74 Å². The Labute approximate surface area is 179 Å². The molecule has 1 aliphatic carbocycles. The molecule has 0 unspecified atom stereocenters. The van der Waals surface area contributed by atoms with Gasteiger partial charge in [0.25, 0.3) is 5.56 Å². The first-order valence-corrected chi connectivity index (χ1v) is 11.3. The molecule has 7 heteroatoms. The average molecular weight is 426 g/mol. The summed E-state index contributed by atoms with van der Waals surface area (Å²) in [7, 11) is 0. The number of aryl methyl sites for hydroxylation is 4. The number of fused-ring (bicyclic) bond motifs is 3. The summed E-state index contributed by atoms with van der Waals surface area (Å²) in [5, 5.41) is 3.69. The van der Waals surface area contributed by atoms with Gasteiger partial charge >= 0.3 is 0 Å². The van der Waals surface area contributed by atoms with Crippen LogP contribution in [0.4, 0.5) is 5.69 Å². The Kier molecular flexibility index (Phi) is 5.90. The molecule has 0 radical (unpaired) electrons. The van der Waals surface area contributed by atoms with Crippen LogP contribution in [-0.4, -0.2) is 21.6 Å². The molecular formula is C23H27N3O3S. The number of rotatable bonds is 6. The van der Waals surface area contributed by atoms with Crippen LogP contribution in [0.3, 0.4) is 0 Å². The zero-order valence-corrected chi connectivity index (χ0v) is 18.5. The molecule has 1 N–H and O–H groups in total. The van der Waals surface area contributed by atoms with Crippen molar-refractivity contribution in [3.63, 3.8) is 0 Å². The smallest absolute Gasteiger partial charge is 0.262 e. The van der Waals surface area contributed by atoms with Gasteiger partial charge in [0.15, 0.2) is 0 Å². The number of benzene rings is 1. The Bertz CT molecular complexity index is 1150. The van der Waals surface area contributed by atoms with Gasteiger partial charge in [-0.05, 0) is 75.8 Å². The van der Waals surface area contributed by atoms with Crippen molar-refractivity contribution in [2.75, 3.05) is 5.32 Å². The standard InChI is InChI=1S/C23H27N3O3S/c1-14(2)29-16-8-9-18(15(3)12-16)25-20(27)10-11-26-13-24-22-21(23(26)28)17-6-4-5-7-19(17)30-22/h8-9,12-14H,4-7,10-11H2,1-3H3,(H,25,27). The maximum Gasteiger partial charge on any atom is 0.262 e. The predicted octanol–water partition coefficient (Wildman–Crippen LogP) is 4.46. The molecule has 0 spiro atoms. The largest absolute Gasteiger partial charge is 0.491 e. The lowest BCUT2D eigenvalue weighted by molar-refractivity contribution is -0.116. The van der Waals surface area contributed by atoms with Crippen molar-refractivity contribution >= 4 is 33.1 Å². The van der Waals surface area contributed by atoms with Crippen LogP contribution in [0.2, 0.25) is 0 Å². The normalized spacial score (nSPS) is 13.5. The highest BCUT2D eigenvalue weighted by atomic mass is 32.1. The number of carbonyl (C=O) groups excluding carboxylic acids is 1. The molecule has 6 nitrogen and oxygen atoms in total. The van der Waals surface area contributed by atoms with Crippen LogP contribution in [0.25, 0.3) is 10.2 Å². The van der Waals surface area contributed by atoms with E-state index in [9.17, 15) is 9.59 Å². The van der Waals surface area contributed by atoms with Crippen LogP contribution in [0.15, 0.2) is 29.3 Å². The molecule has 0 saturated carbocycles. The van der Waals surface area contributed by atoms with E-state index in [0.717, 1.165) is 46.5 Å². The highest BCUT2D eigenvalue weighted by Crippen LogP contribution is 2.33. The highest BCUT2D eigenvalue weighted by molar-refractivity contribution is 7.18. The number of amides is 1. The highest BCUT2D eigenvalue weighted by Gasteiger charge is 2.20. The van der Waals surface area contributed by atoms with Crippen molar-refractivity contribution in [2.45, 2.75) is 65.5 Å². The first-order valence-electron chi connectivity index (χ1n) is 10.5. The summed E-state index contributed by atoms with van der Waals surface area (Å²) >= 11 is 1.64. The molecule has 4 rings (SSSR count). The summed E-state index contributed by atoms with van der Waals surface area (Å²) in [6, 6.07) is 5.62.